The van der Waals surface area contributed by atoms with E-state index in [1.54, 1.807) is 12.3 Å². The maximum Gasteiger partial charge on any atom is 0.271 e. The molecule has 0 atom stereocenters. The van der Waals surface area contributed by atoms with Crippen LogP contribution in [0.2, 0.25) is 0 Å². The van der Waals surface area contributed by atoms with Crippen LogP contribution in [0.4, 0.5) is 0 Å². The first kappa shape index (κ1) is 15.3. The number of hydrogen-bond acceptors (Lipinski definition) is 2. The molecule has 3 nitrogen and oxygen atoms in total. The van der Waals surface area contributed by atoms with E-state index >= 15 is 0 Å². The number of halogens is 1. The van der Waals surface area contributed by atoms with Gasteiger partial charge in [-0.2, -0.15) is 5.10 Å². The van der Waals surface area contributed by atoms with Crippen LogP contribution in [0.15, 0.2) is 59.7 Å². The Morgan fingerprint density at radius 3 is 2.67 bits per heavy atom. The highest BCUT2D eigenvalue weighted by Crippen LogP contribution is 2.32. The van der Waals surface area contributed by atoms with Crippen molar-refractivity contribution in [2.75, 3.05) is 0 Å². The summed E-state index contributed by atoms with van der Waals surface area (Å²) in [6, 6.07) is 18.1. The highest BCUT2D eigenvalue weighted by molar-refractivity contribution is 14.1. The van der Waals surface area contributed by atoms with Gasteiger partial charge in [0.2, 0.25) is 0 Å². The third-order valence-corrected chi connectivity index (χ3v) is 5.04. The molecule has 0 saturated heterocycles. The number of hydrazone groups is 1. The molecule has 1 amide bonds. The predicted octanol–water partition coefficient (Wildman–Crippen LogP) is 4.31. The molecule has 24 heavy (non-hydrogen) atoms. The number of nitrogens with zero attached hydrogens (tertiary/aromatic N) is 1. The van der Waals surface area contributed by atoms with Gasteiger partial charge in [-0.3, -0.25) is 4.79 Å². The Morgan fingerprint density at radius 2 is 1.83 bits per heavy atom. The molecule has 0 fully saturated rings. The zero-order chi connectivity index (χ0) is 16.5. The summed E-state index contributed by atoms with van der Waals surface area (Å²) < 4.78 is 1.02. The molecular formula is C20H15IN2O. The molecular weight excluding hydrogens is 411 g/mol. The highest BCUT2D eigenvalue weighted by Gasteiger charge is 2.15. The second kappa shape index (κ2) is 6.36. The van der Waals surface area contributed by atoms with Gasteiger partial charge in [0.25, 0.3) is 5.91 Å². The van der Waals surface area contributed by atoms with Crippen LogP contribution in [-0.4, -0.2) is 12.1 Å². The van der Waals surface area contributed by atoms with Crippen molar-refractivity contribution in [1.29, 1.82) is 0 Å². The molecule has 0 saturated carbocycles. The topological polar surface area (TPSA) is 41.5 Å². The minimum atomic E-state index is -0.198. The largest absolute Gasteiger partial charge is 0.271 e. The van der Waals surface area contributed by atoms with Crippen molar-refractivity contribution in [2.24, 2.45) is 5.10 Å². The number of benzene rings is 3. The molecule has 0 unspecified atom stereocenters. The fourth-order valence-electron chi connectivity index (χ4n) is 3.24. The van der Waals surface area contributed by atoms with Crippen molar-refractivity contribution < 1.29 is 4.79 Å². The van der Waals surface area contributed by atoms with Crippen molar-refractivity contribution in [3.8, 4) is 0 Å². The predicted molar refractivity (Wildman–Crippen MR) is 106 cm³/mol. The molecule has 3 aromatic rings. The van der Waals surface area contributed by atoms with E-state index in [0.717, 1.165) is 22.0 Å². The van der Waals surface area contributed by atoms with Gasteiger partial charge in [0.05, 0.1) is 6.21 Å². The Balaban J connectivity index is 1.59. The van der Waals surface area contributed by atoms with Crippen LogP contribution in [-0.2, 0) is 12.8 Å². The fraction of sp³-hybridized carbons (Fsp3) is 0.100. The first-order valence-electron chi connectivity index (χ1n) is 7.85. The van der Waals surface area contributed by atoms with Crippen molar-refractivity contribution >= 4 is 45.5 Å². The molecule has 118 valence electrons. The summed E-state index contributed by atoms with van der Waals surface area (Å²) in [5.74, 6) is -0.198. The van der Waals surface area contributed by atoms with Gasteiger partial charge in [0.15, 0.2) is 0 Å². The van der Waals surface area contributed by atoms with E-state index in [4.69, 9.17) is 0 Å². The van der Waals surface area contributed by atoms with E-state index in [-0.39, 0.29) is 5.91 Å². The SMILES string of the molecule is O=C(N/N=C\c1ccc2c3c(cccc13)CC2)c1cccc(I)c1. The smallest absolute Gasteiger partial charge is 0.267 e. The second-order valence-corrected chi connectivity index (χ2v) is 7.11. The molecule has 0 bridgehead atoms. The minimum Gasteiger partial charge on any atom is -0.267 e. The van der Waals surface area contributed by atoms with E-state index in [1.165, 1.54) is 21.9 Å². The van der Waals surface area contributed by atoms with Gasteiger partial charge in [-0.25, -0.2) is 5.43 Å². The van der Waals surface area contributed by atoms with E-state index in [0.29, 0.717) is 5.56 Å². The van der Waals surface area contributed by atoms with Crippen LogP contribution >= 0.6 is 22.6 Å². The zero-order valence-electron chi connectivity index (χ0n) is 12.9. The van der Waals surface area contributed by atoms with Crippen molar-refractivity contribution in [3.05, 3.63) is 80.4 Å². The van der Waals surface area contributed by atoms with Gasteiger partial charge in [-0.15, -0.1) is 0 Å². The van der Waals surface area contributed by atoms with Gasteiger partial charge in [0, 0.05) is 14.7 Å². The zero-order valence-corrected chi connectivity index (χ0v) is 15.1. The standard InChI is InChI=1S/C20H15IN2O/c21-17-5-1-4-15(11-17)20(24)23-22-12-16-10-9-14-8-7-13-3-2-6-18(16)19(13)14/h1-6,9-12H,7-8H2,(H,23,24)/b22-12-. The molecule has 1 N–H and O–H groups in total. The second-order valence-electron chi connectivity index (χ2n) is 5.86. The van der Waals surface area contributed by atoms with Crippen molar-refractivity contribution in [1.82, 2.24) is 5.43 Å². The van der Waals surface area contributed by atoms with Gasteiger partial charge in [-0.1, -0.05) is 36.4 Å². The summed E-state index contributed by atoms with van der Waals surface area (Å²) in [4.78, 5) is 12.1. The Labute approximate surface area is 153 Å². The Kier molecular flexibility index (Phi) is 4.06. The van der Waals surface area contributed by atoms with Gasteiger partial charge in [0.1, 0.15) is 0 Å². The highest BCUT2D eigenvalue weighted by atomic mass is 127. The first-order valence-corrected chi connectivity index (χ1v) is 8.93. The summed E-state index contributed by atoms with van der Waals surface area (Å²) in [5, 5.41) is 6.71. The third kappa shape index (κ3) is 2.82. The maximum atomic E-state index is 12.1. The maximum absolute atomic E-state index is 12.1. The Morgan fingerprint density at radius 1 is 1.04 bits per heavy atom. The number of aryl methyl sites for hydroxylation is 2. The Hall–Kier alpha value is -2.21. The lowest BCUT2D eigenvalue weighted by Gasteiger charge is -2.05. The number of amides is 1. The van der Waals surface area contributed by atoms with E-state index in [2.05, 4.69) is 63.4 Å². The van der Waals surface area contributed by atoms with Crippen LogP contribution in [0, 0.1) is 3.57 Å². The molecule has 0 aromatic heterocycles. The van der Waals surface area contributed by atoms with E-state index < -0.39 is 0 Å². The lowest BCUT2D eigenvalue weighted by atomic mass is 10.0. The fourth-order valence-corrected chi connectivity index (χ4v) is 3.78. The van der Waals surface area contributed by atoms with Gasteiger partial charge < -0.3 is 0 Å². The molecule has 3 aromatic carbocycles. The third-order valence-electron chi connectivity index (χ3n) is 4.37. The molecule has 1 aliphatic carbocycles. The van der Waals surface area contributed by atoms with Crippen LogP contribution in [0.1, 0.15) is 27.0 Å². The lowest BCUT2D eigenvalue weighted by molar-refractivity contribution is 0.0955. The molecule has 0 aliphatic heterocycles. The summed E-state index contributed by atoms with van der Waals surface area (Å²) in [6.45, 7) is 0. The number of carbonyl (C=O) groups excluding carboxylic acids is 1. The number of hydrogen-bond donors (Lipinski definition) is 1. The lowest BCUT2D eigenvalue weighted by Crippen LogP contribution is -2.17. The van der Waals surface area contributed by atoms with E-state index in [9.17, 15) is 4.79 Å². The minimum absolute atomic E-state index is 0.198. The monoisotopic (exact) mass is 426 g/mol. The average Bonchev–Trinajstić information content (AvgIpc) is 3.02. The average molecular weight is 426 g/mol. The number of nitrogens with one attached hydrogen (secondary N) is 1. The van der Waals surface area contributed by atoms with Gasteiger partial charge >= 0.3 is 0 Å². The molecule has 0 radical (unpaired) electrons. The molecule has 4 rings (SSSR count). The normalized spacial score (nSPS) is 12.9. The summed E-state index contributed by atoms with van der Waals surface area (Å²) >= 11 is 2.19. The summed E-state index contributed by atoms with van der Waals surface area (Å²) in [6.07, 6.45) is 3.94. The number of carbonyl (C=O) groups is 1. The molecule has 4 heteroatoms. The first-order chi connectivity index (χ1) is 11.7. The molecule has 1 aliphatic rings. The quantitative estimate of drug-likeness (QED) is 0.379. The number of rotatable bonds is 3. The summed E-state index contributed by atoms with van der Waals surface area (Å²) in [7, 11) is 0. The Bertz CT molecular complexity index is 968. The molecule has 0 spiro atoms. The van der Waals surface area contributed by atoms with Crippen LogP contribution in [0.5, 0.6) is 0 Å². The van der Waals surface area contributed by atoms with Crippen LogP contribution < -0.4 is 5.43 Å². The van der Waals surface area contributed by atoms with Crippen LogP contribution in [0.25, 0.3) is 10.8 Å². The van der Waals surface area contributed by atoms with E-state index in [1.807, 2.05) is 18.2 Å². The summed E-state index contributed by atoms with van der Waals surface area (Å²) in [5.41, 5.74) is 7.06. The van der Waals surface area contributed by atoms with Crippen molar-refractivity contribution in [3.63, 3.8) is 0 Å². The van der Waals surface area contributed by atoms with Crippen LogP contribution in [0.3, 0.4) is 0 Å². The van der Waals surface area contributed by atoms with Crippen molar-refractivity contribution in [2.45, 2.75) is 12.8 Å². The van der Waals surface area contributed by atoms with Gasteiger partial charge in [-0.05, 0) is 75.5 Å². The molecule has 0 heterocycles.